The van der Waals surface area contributed by atoms with Gasteiger partial charge in [0.15, 0.2) is 16.8 Å². The van der Waals surface area contributed by atoms with Gasteiger partial charge in [0, 0.05) is 55.4 Å². The predicted molar refractivity (Wildman–Crippen MR) is 171 cm³/mol. The largest absolute Gasteiger partial charge is 0.481 e. The molecule has 256 valence electrons. The Bertz CT molecular complexity index is 1780. The maximum absolute atomic E-state index is 13.3. The normalized spacial score (nSPS) is 28.5. The number of benzene rings is 1. The number of aryl methyl sites for hydroxylation is 1. The van der Waals surface area contributed by atoms with Gasteiger partial charge in [-0.3, -0.25) is 14.6 Å². The third-order valence-corrected chi connectivity index (χ3v) is 9.96. The Balaban J connectivity index is 1.25. The zero-order chi connectivity index (χ0) is 33.7. The first-order valence-electron chi connectivity index (χ1n) is 16.1. The highest BCUT2D eigenvalue weighted by Crippen LogP contribution is 2.51. The summed E-state index contributed by atoms with van der Waals surface area (Å²) in [5.74, 6) is 0.977. The second-order valence-corrected chi connectivity index (χ2v) is 13.2. The quantitative estimate of drug-likeness (QED) is 0.115. The van der Waals surface area contributed by atoms with E-state index >= 15 is 0 Å². The van der Waals surface area contributed by atoms with Crippen molar-refractivity contribution >= 4 is 28.8 Å². The van der Waals surface area contributed by atoms with E-state index in [4.69, 9.17) is 24.0 Å². The summed E-state index contributed by atoms with van der Waals surface area (Å²) in [5.41, 5.74) is 2.27. The van der Waals surface area contributed by atoms with E-state index in [1.54, 1.807) is 19.2 Å². The van der Waals surface area contributed by atoms with Crippen LogP contribution in [0.25, 0.3) is 11.0 Å². The second kappa shape index (κ2) is 12.9. The molecule has 1 saturated heterocycles. The summed E-state index contributed by atoms with van der Waals surface area (Å²) >= 11 is 0. The molecule has 1 aromatic carbocycles. The van der Waals surface area contributed by atoms with Gasteiger partial charge in [0.25, 0.3) is 0 Å². The maximum Gasteiger partial charge on any atom is 0.220 e. The van der Waals surface area contributed by atoms with Crippen molar-refractivity contribution in [2.75, 3.05) is 31.2 Å². The van der Waals surface area contributed by atoms with Gasteiger partial charge in [0.05, 0.1) is 24.2 Å². The van der Waals surface area contributed by atoms with Gasteiger partial charge in [-0.05, 0) is 37.3 Å². The number of allylic oxidation sites excluding steroid dienone is 2. The molecule has 1 spiro atoms. The molecule has 6 N–H and O–H groups in total. The standard InChI is InChI=1S/C34H39N3O11/c1-17-7-24(39)22-8-20-9-27(48-45-16-26(41)31(44)30(43)25(40)15-38)34(5-2-3-18(11-34)21-10-28(42)36-12-21)47-32(20)29(33(22)46-17)37-13-19-4-6-35-23(19)14-37/h2-4,6-8,14,18,21,25-27,30-31,38,40-41,43-44H,5,9-13,15-16H2,1H3,(H,36,42)/t18-,21+,25-,26+,27-,30-,31-,34-/m1/s1. The fourth-order valence-electron chi connectivity index (χ4n) is 7.32. The van der Waals surface area contributed by atoms with Crippen molar-refractivity contribution in [2.24, 2.45) is 16.8 Å². The lowest BCUT2D eigenvalue weighted by Gasteiger charge is -2.47. The lowest BCUT2D eigenvalue weighted by molar-refractivity contribution is -0.363. The molecule has 14 nitrogen and oxygen atoms in total. The van der Waals surface area contributed by atoms with Crippen LogP contribution in [0.4, 0.5) is 5.69 Å². The number of nitrogens with zero attached hydrogens (tertiary/aromatic N) is 2. The molecule has 0 bridgehead atoms. The lowest BCUT2D eigenvalue weighted by Crippen LogP contribution is -2.55. The minimum atomic E-state index is -1.83. The average Bonchev–Trinajstić information content (AvgIpc) is 3.80. The van der Waals surface area contributed by atoms with E-state index in [1.807, 2.05) is 23.3 Å². The van der Waals surface area contributed by atoms with Gasteiger partial charge < -0.3 is 44.9 Å². The van der Waals surface area contributed by atoms with E-state index in [-0.39, 0.29) is 29.6 Å². The fraction of sp³-hybridized carbons (Fsp3) is 0.500. The molecule has 7 rings (SSSR count). The molecule has 14 heteroatoms. The van der Waals surface area contributed by atoms with E-state index in [0.29, 0.717) is 66.1 Å². The van der Waals surface area contributed by atoms with Gasteiger partial charge >= 0.3 is 0 Å². The van der Waals surface area contributed by atoms with Gasteiger partial charge in [-0.1, -0.05) is 12.2 Å². The predicted octanol–water partition coefficient (Wildman–Crippen LogP) is 0.302. The number of hydrogen-bond acceptors (Lipinski definition) is 13. The number of aliphatic hydroxyl groups excluding tert-OH is 5. The van der Waals surface area contributed by atoms with Crippen molar-refractivity contribution in [1.29, 1.82) is 0 Å². The molecule has 5 aliphatic rings. The van der Waals surface area contributed by atoms with Crippen LogP contribution in [0.1, 0.15) is 30.6 Å². The molecule has 8 atom stereocenters. The Morgan fingerprint density at radius 1 is 1.15 bits per heavy atom. The summed E-state index contributed by atoms with van der Waals surface area (Å²) in [7, 11) is 0. The second-order valence-electron chi connectivity index (χ2n) is 13.2. The van der Waals surface area contributed by atoms with Crippen LogP contribution in [0.5, 0.6) is 5.75 Å². The Kier molecular flexibility index (Phi) is 8.74. The first-order chi connectivity index (χ1) is 23.1. The highest BCUT2D eigenvalue weighted by molar-refractivity contribution is 5.96. The first-order valence-corrected chi connectivity index (χ1v) is 16.1. The molecular weight excluding hydrogens is 626 g/mol. The number of aliphatic hydroxyl groups is 5. The van der Waals surface area contributed by atoms with Crippen LogP contribution in [-0.4, -0.2) is 100 Å². The average molecular weight is 666 g/mol. The summed E-state index contributed by atoms with van der Waals surface area (Å²) < 4.78 is 13.3. The number of rotatable bonds is 10. The van der Waals surface area contributed by atoms with Crippen molar-refractivity contribution in [3.63, 3.8) is 0 Å². The van der Waals surface area contributed by atoms with Gasteiger partial charge in [0.1, 0.15) is 54.2 Å². The SMILES string of the molecule is Cc1cc(=O)c2cc3c(c(N4C=C5N=CC=C5C4)c2o1)O[C@@]1(CC=C[C@@H]([C@@H]2CNC(=O)C2)C1)[C@H](OOC[C@H](O)[C@@H](O)[C@H](O)[C@H](O)CO)C3. The molecule has 1 amide bonds. The number of carbonyl (C=O) groups is 1. The molecule has 5 heterocycles. The molecule has 1 fully saturated rings. The Hall–Kier alpha value is -3.89. The zero-order valence-electron chi connectivity index (χ0n) is 26.3. The number of nitrogens with one attached hydrogen (secondary N) is 1. The van der Waals surface area contributed by atoms with Crippen LogP contribution in [0.2, 0.25) is 0 Å². The third-order valence-electron chi connectivity index (χ3n) is 9.96. The smallest absolute Gasteiger partial charge is 0.220 e. The van der Waals surface area contributed by atoms with Gasteiger partial charge in [-0.25, -0.2) is 9.78 Å². The zero-order valence-corrected chi connectivity index (χ0v) is 26.3. The summed E-state index contributed by atoms with van der Waals surface area (Å²) in [5, 5.41) is 52.9. The van der Waals surface area contributed by atoms with Crippen LogP contribution in [0, 0.1) is 18.8 Å². The van der Waals surface area contributed by atoms with E-state index in [1.165, 1.54) is 6.07 Å². The number of carbonyl (C=O) groups excluding carboxylic acids is 1. The molecule has 48 heavy (non-hydrogen) atoms. The molecule has 0 saturated carbocycles. The minimum absolute atomic E-state index is 0.0103. The van der Waals surface area contributed by atoms with E-state index in [0.717, 1.165) is 11.3 Å². The number of ether oxygens (including phenoxy) is 1. The maximum atomic E-state index is 13.3. The lowest BCUT2D eigenvalue weighted by atomic mass is 9.71. The van der Waals surface area contributed by atoms with Crippen LogP contribution < -0.4 is 20.4 Å². The van der Waals surface area contributed by atoms with E-state index < -0.39 is 49.3 Å². The number of aliphatic imine (C=N–C) groups is 1. The first kappa shape index (κ1) is 32.6. The van der Waals surface area contributed by atoms with Crippen LogP contribution in [0.3, 0.4) is 0 Å². The monoisotopic (exact) mass is 665 g/mol. The van der Waals surface area contributed by atoms with Crippen LogP contribution >= 0.6 is 0 Å². The van der Waals surface area contributed by atoms with Crippen LogP contribution in [0.15, 0.2) is 62.0 Å². The third kappa shape index (κ3) is 5.87. The van der Waals surface area contributed by atoms with Crippen LogP contribution in [-0.2, 0) is 21.0 Å². The Labute approximate surface area is 275 Å². The molecule has 4 aliphatic heterocycles. The van der Waals surface area contributed by atoms with Crippen molar-refractivity contribution in [3.8, 4) is 5.75 Å². The molecule has 0 unspecified atom stereocenters. The Morgan fingerprint density at radius 3 is 2.71 bits per heavy atom. The van der Waals surface area contributed by atoms with Gasteiger partial charge in [-0.2, -0.15) is 0 Å². The minimum Gasteiger partial charge on any atom is -0.481 e. The van der Waals surface area contributed by atoms with Gasteiger partial charge in [0.2, 0.25) is 5.91 Å². The number of hydrogen-bond donors (Lipinski definition) is 6. The molecule has 1 aliphatic carbocycles. The molecule has 1 aromatic heterocycles. The summed E-state index contributed by atoms with van der Waals surface area (Å²) in [4.78, 5) is 43.4. The van der Waals surface area contributed by atoms with E-state index in [9.17, 15) is 30.0 Å². The van der Waals surface area contributed by atoms with Gasteiger partial charge in [-0.15, -0.1) is 0 Å². The van der Waals surface area contributed by atoms with Crippen molar-refractivity contribution in [1.82, 2.24) is 5.32 Å². The number of amides is 1. The summed E-state index contributed by atoms with van der Waals surface area (Å²) in [6, 6.07) is 3.18. The van der Waals surface area contributed by atoms with Crippen molar-refractivity contribution in [2.45, 2.75) is 68.7 Å². The molecular formula is C34H39N3O11. The number of anilines is 1. The number of fused-ring (bicyclic) bond motifs is 3. The fourth-order valence-corrected chi connectivity index (χ4v) is 7.32. The molecule has 2 aromatic rings. The topological polar surface area (TPSA) is 204 Å². The molecule has 0 radical (unpaired) electrons. The summed E-state index contributed by atoms with van der Waals surface area (Å²) in [6.45, 7) is 1.37. The van der Waals surface area contributed by atoms with Crippen molar-refractivity contribution in [3.05, 3.63) is 69.4 Å². The highest BCUT2D eigenvalue weighted by atomic mass is 17.2. The highest BCUT2D eigenvalue weighted by Gasteiger charge is 2.51. The summed E-state index contributed by atoms with van der Waals surface area (Å²) in [6.07, 6.45) is 3.47. The Morgan fingerprint density at radius 2 is 1.96 bits per heavy atom. The van der Waals surface area contributed by atoms with E-state index in [2.05, 4.69) is 16.4 Å². The van der Waals surface area contributed by atoms with Crippen molar-refractivity contribution < 1.29 is 49.3 Å².